The Bertz CT molecular complexity index is 1190. The topological polar surface area (TPSA) is 66.5 Å². The maximum atomic E-state index is 13.0. The molecule has 0 aliphatic carbocycles. The number of aryl methyl sites for hydroxylation is 1. The maximum absolute atomic E-state index is 13.0. The van der Waals surface area contributed by atoms with Crippen molar-refractivity contribution >= 4 is 33.0 Å². The molecule has 1 aliphatic heterocycles. The molecule has 168 valence electrons. The minimum atomic E-state index is -3.52. The van der Waals surface area contributed by atoms with Crippen LogP contribution in [0.1, 0.15) is 48.3 Å². The quantitative estimate of drug-likeness (QED) is 0.498. The molecular formula is C25H28N2O3S2. The summed E-state index contributed by atoms with van der Waals surface area (Å²) in [5.41, 5.74) is 2.83. The van der Waals surface area contributed by atoms with Crippen LogP contribution in [0.25, 0.3) is 10.4 Å². The number of anilines is 1. The molecule has 1 atom stereocenters. The molecule has 2 aromatic carbocycles. The molecule has 0 bridgehead atoms. The van der Waals surface area contributed by atoms with Crippen molar-refractivity contribution in [1.29, 1.82) is 0 Å². The van der Waals surface area contributed by atoms with Gasteiger partial charge in [0.05, 0.1) is 9.77 Å². The van der Waals surface area contributed by atoms with E-state index in [4.69, 9.17) is 0 Å². The van der Waals surface area contributed by atoms with Crippen molar-refractivity contribution in [3.63, 3.8) is 0 Å². The van der Waals surface area contributed by atoms with E-state index in [0.717, 1.165) is 41.7 Å². The van der Waals surface area contributed by atoms with E-state index >= 15 is 0 Å². The van der Waals surface area contributed by atoms with E-state index in [1.54, 1.807) is 28.6 Å². The van der Waals surface area contributed by atoms with E-state index in [-0.39, 0.29) is 16.8 Å². The second-order valence-corrected chi connectivity index (χ2v) is 11.1. The number of carbonyl (C=O) groups is 1. The Hall–Kier alpha value is -2.48. The third-order valence-corrected chi connectivity index (χ3v) is 9.16. The molecule has 1 amide bonds. The third-order valence-electron chi connectivity index (χ3n) is 5.91. The monoisotopic (exact) mass is 468 g/mol. The Morgan fingerprint density at radius 2 is 1.81 bits per heavy atom. The number of rotatable bonds is 6. The normalized spacial score (nSPS) is 17.2. The second kappa shape index (κ2) is 9.57. The number of piperidine rings is 1. The van der Waals surface area contributed by atoms with E-state index in [2.05, 4.69) is 24.4 Å². The number of nitrogens with zero attached hydrogens (tertiary/aromatic N) is 1. The highest BCUT2D eigenvalue weighted by Gasteiger charge is 2.30. The summed E-state index contributed by atoms with van der Waals surface area (Å²) in [6, 6.07) is 18.5. The minimum absolute atomic E-state index is 0.0125. The van der Waals surface area contributed by atoms with Gasteiger partial charge in [0, 0.05) is 23.2 Å². The Morgan fingerprint density at radius 3 is 2.47 bits per heavy atom. The molecule has 1 N–H and O–H groups in total. The van der Waals surface area contributed by atoms with Crippen molar-refractivity contribution in [2.75, 3.05) is 11.9 Å². The molecule has 5 nitrogen and oxygen atoms in total. The minimum Gasteiger partial charge on any atom is -0.321 e. The molecule has 1 saturated heterocycles. The Labute approximate surface area is 194 Å². The van der Waals surface area contributed by atoms with Gasteiger partial charge in [-0.3, -0.25) is 4.79 Å². The molecule has 1 aromatic heterocycles. The van der Waals surface area contributed by atoms with Crippen molar-refractivity contribution in [3.8, 4) is 10.4 Å². The summed E-state index contributed by atoms with van der Waals surface area (Å²) in [6.07, 6.45) is 3.68. The number of hydrogen-bond donors (Lipinski definition) is 1. The number of benzene rings is 2. The molecule has 0 unspecified atom stereocenters. The van der Waals surface area contributed by atoms with Crippen LogP contribution in [0.15, 0.2) is 65.6 Å². The van der Waals surface area contributed by atoms with Crippen LogP contribution in [0, 0.1) is 0 Å². The largest absolute Gasteiger partial charge is 0.321 e. The fourth-order valence-electron chi connectivity index (χ4n) is 4.10. The molecule has 2 heterocycles. The van der Waals surface area contributed by atoms with Crippen LogP contribution in [-0.2, 0) is 16.4 Å². The van der Waals surface area contributed by atoms with Gasteiger partial charge in [0.25, 0.3) is 5.91 Å². The number of hydrogen-bond acceptors (Lipinski definition) is 4. The van der Waals surface area contributed by atoms with Gasteiger partial charge in [0.1, 0.15) is 0 Å². The third kappa shape index (κ3) is 4.65. The first kappa shape index (κ1) is 22.7. The molecular weight excluding hydrogens is 440 g/mol. The lowest BCUT2D eigenvalue weighted by atomic mass is 10.1. The van der Waals surface area contributed by atoms with E-state index in [9.17, 15) is 13.2 Å². The maximum Gasteiger partial charge on any atom is 0.265 e. The molecule has 1 aliphatic rings. The van der Waals surface area contributed by atoms with Gasteiger partial charge in [0.2, 0.25) is 10.0 Å². The Kier molecular flexibility index (Phi) is 6.79. The lowest BCUT2D eigenvalue weighted by molar-refractivity contribution is 0.103. The van der Waals surface area contributed by atoms with Crippen LogP contribution < -0.4 is 5.32 Å². The van der Waals surface area contributed by atoms with Crippen molar-refractivity contribution in [3.05, 3.63) is 71.1 Å². The van der Waals surface area contributed by atoms with Crippen LogP contribution in [0.3, 0.4) is 0 Å². The van der Waals surface area contributed by atoms with E-state index in [0.29, 0.717) is 17.1 Å². The number of nitrogens with one attached hydrogen (secondary N) is 1. The molecule has 0 radical (unpaired) electrons. The summed E-state index contributed by atoms with van der Waals surface area (Å²) in [5.74, 6) is -0.188. The summed E-state index contributed by atoms with van der Waals surface area (Å²) < 4.78 is 27.6. The summed E-state index contributed by atoms with van der Waals surface area (Å²) >= 11 is 1.48. The average Bonchev–Trinajstić information content (AvgIpc) is 3.25. The molecule has 3 aromatic rings. The first-order chi connectivity index (χ1) is 15.4. The smallest absolute Gasteiger partial charge is 0.265 e. The molecule has 0 spiro atoms. The number of sulfonamides is 1. The Balaban J connectivity index is 1.50. The van der Waals surface area contributed by atoms with Crippen molar-refractivity contribution in [2.45, 2.75) is 50.5 Å². The van der Waals surface area contributed by atoms with Gasteiger partial charge < -0.3 is 5.32 Å². The second-order valence-electron chi connectivity index (χ2n) is 8.12. The first-order valence-corrected chi connectivity index (χ1v) is 13.3. The van der Waals surface area contributed by atoms with Gasteiger partial charge in [-0.1, -0.05) is 43.7 Å². The van der Waals surface area contributed by atoms with Crippen LogP contribution in [0.5, 0.6) is 0 Å². The fraction of sp³-hybridized carbons (Fsp3) is 0.320. The van der Waals surface area contributed by atoms with E-state index in [1.807, 2.05) is 31.2 Å². The molecule has 32 heavy (non-hydrogen) atoms. The van der Waals surface area contributed by atoms with Crippen molar-refractivity contribution < 1.29 is 13.2 Å². The zero-order valence-corrected chi connectivity index (χ0v) is 20.0. The van der Waals surface area contributed by atoms with Gasteiger partial charge in [-0.25, -0.2) is 8.42 Å². The zero-order valence-electron chi connectivity index (χ0n) is 18.4. The average molecular weight is 469 g/mol. The predicted octanol–water partition coefficient (Wildman–Crippen LogP) is 5.79. The number of carbonyl (C=O) groups excluding carboxylic acids is 1. The summed E-state index contributed by atoms with van der Waals surface area (Å²) in [5, 5.41) is 2.90. The summed E-state index contributed by atoms with van der Waals surface area (Å²) in [6.45, 7) is 4.60. The van der Waals surface area contributed by atoms with E-state index in [1.165, 1.54) is 11.3 Å². The Morgan fingerprint density at radius 1 is 1.09 bits per heavy atom. The van der Waals surface area contributed by atoms with Crippen LogP contribution in [0.2, 0.25) is 0 Å². The first-order valence-electron chi connectivity index (χ1n) is 11.0. The zero-order chi connectivity index (χ0) is 22.7. The van der Waals surface area contributed by atoms with Gasteiger partial charge in [0.15, 0.2) is 0 Å². The predicted molar refractivity (Wildman–Crippen MR) is 131 cm³/mol. The van der Waals surface area contributed by atoms with Gasteiger partial charge >= 0.3 is 0 Å². The van der Waals surface area contributed by atoms with Gasteiger partial charge in [-0.05, 0) is 67.6 Å². The fourth-order valence-corrected chi connectivity index (χ4v) is 6.96. The highest BCUT2D eigenvalue weighted by Crippen LogP contribution is 2.34. The lowest BCUT2D eigenvalue weighted by Gasteiger charge is -2.32. The lowest BCUT2D eigenvalue weighted by Crippen LogP contribution is -2.41. The van der Waals surface area contributed by atoms with Crippen LogP contribution >= 0.6 is 11.3 Å². The highest BCUT2D eigenvalue weighted by molar-refractivity contribution is 7.89. The van der Waals surface area contributed by atoms with Gasteiger partial charge in [-0.2, -0.15) is 4.31 Å². The van der Waals surface area contributed by atoms with Crippen molar-refractivity contribution in [2.24, 2.45) is 0 Å². The van der Waals surface area contributed by atoms with Crippen molar-refractivity contribution in [1.82, 2.24) is 4.31 Å². The number of thiophene rings is 1. The van der Waals surface area contributed by atoms with E-state index < -0.39 is 10.0 Å². The van der Waals surface area contributed by atoms with Crippen LogP contribution in [-0.4, -0.2) is 31.2 Å². The molecule has 7 heteroatoms. The molecule has 4 rings (SSSR count). The molecule has 0 saturated carbocycles. The summed E-state index contributed by atoms with van der Waals surface area (Å²) in [4.78, 5) is 14.9. The van der Waals surface area contributed by atoms with Crippen LogP contribution in [0.4, 0.5) is 5.69 Å². The summed E-state index contributed by atoms with van der Waals surface area (Å²) in [7, 11) is -3.52. The standard InChI is InChI=1S/C25H28N2O3S2/c1-3-19-17-23(31-24(19)20-10-5-4-6-11-20)25(28)26-21-12-14-22(15-13-21)32(29,30)27-16-8-7-9-18(27)2/h4-6,10-15,17-18H,3,7-9,16H2,1-2H3,(H,26,28)/t18-/m0/s1. The van der Waals surface area contributed by atoms with Gasteiger partial charge in [-0.15, -0.1) is 11.3 Å². The number of amides is 1. The SMILES string of the molecule is CCc1cc(C(=O)Nc2ccc(S(=O)(=O)N3CCCC[C@@H]3C)cc2)sc1-c1ccccc1. The molecule has 1 fully saturated rings. The highest BCUT2D eigenvalue weighted by atomic mass is 32.2.